The first-order valence-electron chi connectivity index (χ1n) is 9.65. The minimum Gasteiger partial charge on any atom is -0.497 e. The SMILES string of the molecule is COc1ccc(OC)c(NC(=O)c2ccc(N3C(=O)c4cccc([N+](=O)[O-])c4C3=O)cc2)c1. The van der Waals surface area contributed by atoms with Crippen LogP contribution in [0.1, 0.15) is 31.1 Å². The molecule has 3 amide bonds. The Morgan fingerprint density at radius 3 is 2.33 bits per heavy atom. The van der Waals surface area contributed by atoms with Crippen molar-refractivity contribution in [3.05, 3.63) is 87.5 Å². The third kappa shape index (κ3) is 3.74. The lowest BCUT2D eigenvalue weighted by molar-refractivity contribution is -0.385. The number of rotatable bonds is 6. The molecule has 3 aromatic rings. The van der Waals surface area contributed by atoms with E-state index in [4.69, 9.17) is 9.47 Å². The number of amides is 3. The maximum Gasteiger partial charge on any atom is 0.283 e. The van der Waals surface area contributed by atoms with Gasteiger partial charge in [0.15, 0.2) is 0 Å². The van der Waals surface area contributed by atoms with Crippen LogP contribution in [0.5, 0.6) is 11.5 Å². The first-order chi connectivity index (χ1) is 15.8. The zero-order valence-corrected chi connectivity index (χ0v) is 17.5. The van der Waals surface area contributed by atoms with E-state index in [9.17, 15) is 24.5 Å². The zero-order chi connectivity index (χ0) is 23.7. The van der Waals surface area contributed by atoms with Gasteiger partial charge in [0.25, 0.3) is 23.4 Å². The van der Waals surface area contributed by atoms with E-state index in [0.29, 0.717) is 17.2 Å². The lowest BCUT2D eigenvalue weighted by atomic mass is 10.1. The third-order valence-corrected chi connectivity index (χ3v) is 5.13. The van der Waals surface area contributed by atoms with Gasteiger partial charge in [-0.1, -0.05) is 6.07 Å². The number of carbonyl (C=O) groups is 3. The molecule has 1 heterocycles. The van der Waals surface area contributed by atoms with Gasteiger partial charge < -0.3 is 14.8 Å². The van der Waals surface area contributed by atoms with Crippen LogP contribution in [0, 0.1) is 10.1 Å². The summed E-state index contributed by atoms with van der Waals surface area (Å²) in [6, 6.07) is 14.6. The molecule has 0 aliphatic carbocycles. The molecule has 3 aromatic carbocycles. The fourth-order valence-corrected chi connectivity index (χ4v) is 3.52. The Balaban J connectivity index is 1.59. The summed E-state index contributed by atoms with van der Waals surface area (Å²) in [5.74, 6) is -0.946. The summed E-state index contributed by atoms with van der Waals surface area (Å²) in [5, 5.41) is 14.0. The van der Waals surface area contributed by atoms with Crippen LogP contribution in [0.25, 0.3) is 0 Å². The Morgan fingerprint density at radius 1 is 0.970 bits per heavy atom. The van der Waals surface area contributed by atoms with Crippen LogP contribution >= 0.6 is 0 Å². The summed E-state index contributed by atoms with van der Waals surface area (Å²) in [6.07, 6.45) is 0. The molecule has 4 rings (SSSR count). The number of imide groups is 1. The quantitative estimate of drug-likeness (QED) is 0.347. The largest absolute Gasteiger partial charge is 0.497 e. The maximum absolute atomic E-state index is 12.8. The Kier molecular flexibility index (Phi) is 5.49. The number of fused-ring (bicyclic) bond motifs is 1. The number of anilines is 2. The van der Waals surface area contributed by atoms with Crippen LogP contribution in [0.3, 0.4) is 0 Å². The van der Waals surface area contributed by atoms with E-state index in [0.717, 1.165) is 4.90 Å². The molecule has 33 heavy (non-hydrogen) atoms. The molecule has 0 unspecified atom stereocenters. The maximum atomic E-state index is 12.8. The van der Waals surface area contributed by atoms with Gasteiger partial charge in [0.05, 0.1) is 36.1 Å². The van der Waals surface area contributed by atoms with Crippen LogP contribution in [0.4, 0.5) is 17.1 Å². The highest BCUT2D eigenvalue weighted by atomic mass is 16.6. The van der Waals surface area contributed by atoms with Crippen LogP contribution in [-0.4, -0.2) is 36.9 Å². The number of ether oxygens (including phenoxy) is 2. The van der Waals surface area contributed by atoms with E-state index in [1.807, 2.05) is 0 Å². The summed E-state index contributed by atoms with van der Waals surface area (Å²) in [6.45, 7) is 0. The second-order valence-corrected chi connectivity index (χ2v) is 6.97. The number of nitro benzene ring substituents is 1. The molecule has 1 aliphatic heterocycles. The molecule has 1 aliphatic rings. The Morgan fingerprint density at radius 2 is 1.70 bits per heavy atom. The smallest absolute Gasteiger partial charge is 0.283 e. The van der Waals surface area contributed by atoms with Gasteiger partial charge in [-0.2, -0.15) is 0 Å². The fourth-order valence-electron chi connectivity index (χ4n) is 3.52. The number of nitrogens with zero attached hydrogens (tertiary/aromatic N) is 2. The average Bonchev–Trinajstić information content (AvgIpc) is 3.09. The second kappa shape index (κ2) is 8.42. The van der Waals surface area contributed by atoms with Crippen molar-refractivity contribution < 1.29 is 28.8 Å². The number of hydrogen-bond acceptors (Lipinski definition) is 7. The van der Waals surface area contributed by atoms with Crippen molar-refractivity contribution in [1.82, 2.24) is 0 Å². The van der Waals surface area contributed by atoms with Gasteiger partial charge in [-0.25, -0.2) is 4.90 Å². The fraction of sp³-hybridized carbons (Fsp3) is 0.0870. The molecule has 0 saturated heterocycles. The minimum absolute atomic E-state index is 0.0406. The van der Waals surface area contributed by atoms with Crippen molar-refractivity contribution in [2.45, 2.75) is 0 Å². The highest BCUT2D eigenvalue weighted by Gasteiger charge is 2.41. The lowest BCUT2D eigenvalue weighted by Gasteiger charge is -2.15. The summed E-state index contributed by atoms with van der Waals surface area (Å²) in [5.41, 5.74) is 0.118. The summed E-state index contributed by atoms with van der Waals surface area (Å²) >= 11 is 0. The Bertz CT molecular complexity index is 1300. The van der Waals surface area contributed by atoms with E-state index in [1.54, 1.807) is 18.2 Å². The average molecular weight is 447 g/mol. The molecule has 0 atom stereocenters. The Labute approximate surface area is 187 Å². The van der Waals surface area contributed by atoms with E-state index < -0.39 is 28.3 Å². The molecular formula is C23H17N3O7. The van der Waals surface area contributed by atoms with E-state index in [-0.39, 0.29) is 22.4 Å². The molecule has 1 N–H and O–H groups in total. The molecule has 10 heteroatoms. The highest BCUT2D eigenvalue weighted by Crippen LogP contribution is 2.34. The number of nitrogens with one attached hydrogen (secondary N) is 1. The van der Waals surface area contributed by atoms with Gasteiger partial charge in [0.1, 0.15) is 17.1 Å². The topological polar surface area (TPSA) is 128 Å². The van der Waals surface area contributed by atoms with Gasteiger partial charge in [-0.3, -0.25) is 24.5 Å². The normalized spacial score (nSPS) is 12.4. The number of hydrogen-bond donors (Lipinski definition) is 1. The number of nitro groups is 1. The first-order valence-corrected chi connectivity index (χ1v) is 9.65. The number of methoxy groups -OCH3 is 2. The molecule has 0 saturated carbocycles. The standard InChI is InChI=1S/C23H17N3O7/c1-32-15-10-11-19(33-2)17(12-15)24-21(27)13-6-8-14(9-7-13)25-22(28)16-4-3-5-18(26(30)31)20(16)23(25)29/h3-12H,1-2H3,(H,24,27). The van der Waals surface area contributed by atoms with Crippen LogP contribution in [0.2, 0.25) is 0 Å². The monoisotopic (exact) mass is 447 g/mol. The predicted octanol–water partition coefficient (Wildman–Crippen LogP) is 3.66. The van der Waals surface area contributed by atoms with E-state index in [1.165, 1.54) is 56.7 Å². The van der Waals surface area contributed by atoms with Gasteiger partial charge in [-0.15, -0.1) is 0 Å². The number of carbonyl (C=O) groups excluding carboxylic acids is 3. The third-order valence-electron chi connectivity index (χ3n) is 5.13. The van der Waals surface area contributed by atoms with Crippen molar-refractivity contribution in [3.63, 3.8) is 0 Å². The van der Waals surface area contributed by atoms with Crippen molar-refractivity contribution >= 4 is 34.8 Å². The second-order valence-electron chi connectivity index (χ2n) is 6.97. The van der Waals surface area contributed by atoms with Crippen molar-refractivity contribution in [3.8, 4) is 11.5 Å². The predicted molar refractivity (Wildman–Crippen MR) is 118 cm³/mol. The molecule has 0 bridgehead atoms. The van der Waals surface area contributed by atoms with Crippen molar-refractivity contribution in [2.75, 3.05) is 24.4 Å². The lowest BCUT2D eigenvalue weighted by Crippen LogP contribution is -2.29. The summed E-state index contributed by atoms with van der Waals surface area (Å²) < 4.78 is 10.4. The highest BCUT2D eigenvalue weighted by molar-refractivity contribution is 6.35. The summed E-state index contributed by atoms with van der Waals surface area (Å²) in [4.78, 5) is 49.7. The molecule has 10 nitrogen and oxygen atoms in total. The van der Waals surface area contributed by atoms with Gasteiger partial charge in [0, 0.05) is 17.7 Å². The molecule has 0 radical (unpaired) electrons. The number of benzene rings is 3. The Hall–Kier alpha value is -4.73. The molecular weight excluding hydrogens is 430 g/mol. The van der Waals surface area contributed by atoms with Gasteiger partial charge in [-0.05, 0) is 42.5 Å². The zero-order valence-electron chi connectivity index (χ0n) is 17.5. The van der Waals surface area contributed by atoms with Gasteiger partial charge >= 0.3 is 0 Å². The van der Waals surface area contributed by atoms with Crippen LogP contribution in [0.15, 0.2) is 60.7 Å². The van der Waals surface area contributed by atoms with E-state index >= 15 is 0 Å². The molecule has 166 valence electrons. The minimum atomic E-state index is -0.791. The van der Waals surface area contributed by atoms with E-state index in [2.05, 4.69) is 5.32 Å². The first kappa shape index (κ1) is 21.5. The van der Waals surface area contributed by atoms with Crippen LogP contribution < -0.4 is 19.7 Å². The van der Waals surface area contributed by atoms with Crippen molar-refractivity contribution in [1.29, 1.82) is 0 Å². The molecule has 0 fully saturated rings. The van der Waals surface area contributed by atoms with Crippen LogP contribution in [-0.2, 0) is 0 Å². The van der Waals surface area contributed by atoms with Gasteiger partial charge in [0.2, 0.25) is 0 Å². The summed E-state index contributed by atoms with van der Waals surface area (Å²) in [7, 11) is 2.97. The van der Waals surface area contributed by atoms with Crippen molar-refractivity contribution in [2.24, 2.45) is 0 Å². The molecule has 0 aromatic heterocycles. The molecule has 0 spiro atoms.